The van der Waals surface area contributed by atoms with Crippen LogP contribution in [0.1, 0.15) is 22.3 Å². The van der Waals surface area contributed by atoms with E-state index in [1.807, 2.05) is 42.5 Å². The van der Waals surface area contributed by atoms with Gasteiger partial charge in [-0.1, -0.05) is 28.1 Å². The van der Waals surface area contributed by atoms with E-state index in [-0.39, 0.29) is 5.78 Å². The third kappa shape index (κ3) is 3.07. The van der Waals surface area contributed by atoms with E-state index in [0.29, 0.717) is 24.3 Å². The fourth-order valence-corrected chi connectivity index (χ4v) is 2.77. The van der Waals surface area contributed by atoms with Gasteiger partial charge in [-0.3, -0.25) is 4.79 Å². The number of fused-ring (bicyclic) bond motifs is 1. The number of rotatable bonds is 2. The molecule has 0 saturated heterocycles. The van der Waals surface area contributed by atoms with Crippen molar-refractivity contribution < 1.29 is 14.3 Å². The lowest BCUT2D eigenvalue weighted by Crippen LogP contribution is -2.02. The van der Waals surface area contributed by atoms with Gasteiger partial charge >= 0.3 is 0 Å². The van der Waals surface area contributed by atoms with Gasteiger partial charge in [-0.15, -0.1) is 0 Å². The van der Waals surface area contributed by atoms with Crippen molar-refractivity contribution in [3.8, 4) is 11.5 Å². The van der Waals surface area contributed by atoms with E-state index in [4.69, 9.17) is 9.47 Å². The van der Waals surface area contributed by atoms with E-state index < -0.39 is 0 Å². The second kappa shape index (κ2) is 6.36. The van der Waals surface area contributed by atoms with Gasteiger partial charge in [0.05, 0.1) is 19.3 Å². The van der Waals surface area contributed by atoms with Gasteiger partial charge in [-0.05, 0) is 42.0 Å². The van der Waals surface area contributed by atoms with Crippen LogP contribution in [0.25, 0.3) is 6.08 Å². The number of methoxy groups -OCH3 is 1. The summed E-state index contributed by atoms with van der Waals surface area (Å²) in [7, 11) is 1.63. The molecule has 0 N–H and O–H groups in total. The van der Waals surface area contributed by atoms with Crippen LogP contribution in [-0.2, 0) is 0 Å². The molecule has 0 amide bonds. The minimum absolute atomic E-state index is 0.0165. The molecule has 4 heteroatoms. The van der Waals surface area contributed by atoms with Crippen LogP contribution in [0, 0.1) is 0 Å². The molecule has 0 fully saturated rings. The number of hydrogen-bond acceptors (Lipinski definition) is 3. The molecule has 0 unspecified atom stereocenters. The zero-order valence-electron chi connectivity index (χ0n) is 12.1. The Kier molecular flexibility index (Phi) is 4.29. The highest BCUT2D eigenvalue weighted by Gasteiger charge is 2.21. The quantitative estimate of drug-likeness (QED) is 0.741. The Morgan fingerprint density at radius 2 is 2.09 bits per heavy atom. The Labute approximate surface area is 137 Å². The fraction of sp³-hybridized carbons (Fsp3) is 0.167. The van der Waals surface area contributed by atoms with E-state index in [1.165, 1.54) is 0 Å². The molecule has 0 bridgehead atoms. The van der Waals surface area contributed by atoms with Crippen LogP contribution in [0.5, 0.6) is 11.5 Å². The van der Waals surface area contributed by atoms with Crippen LogP contribution in [0.15, 0.2) is 52.5 Å². The predicted molar refractivity (Wildman–Crippen MR) is 89.6 cm³/mol. The Morgan fingerprint density at radius 1 is 1.23 bits per heavy atom. The van der Waals surface area contributed by atoms with Crippen molar-refractivity contribution >= 4 is 27.8 Å². The van der Waals surface area contributed by atoms with Crippen LogP contribution in [0.4, 0.5) is 0 Å². The van der Waals surface area contributed by atoms with Gasteiger partial charge in [0, 0.05) is 16.5 Å². The average Bonchev–Trinajstić information content (AvgIpc) is 2.67. The minimum atomic E-state index is 0.0165. The SMILES string of the molecule is COc1cccc(C=C2CCOc3cc(Br)ccc3C2=O)c1. The molecule has 22 heavy (non-hydrogen) atoms. The van der Waals surface area contributed by atoms with Crippen LogP contribution >= 0.6 is 15.9 Å². The lowest BCUT2D eigenvalue weighted by Gasteiger charge is -2.05. The van der Waals surface area contributed by atoms with Crippen molar-refractivity contribution in [2.24, 2.45) is 0 Å². The van der Waals surface area contributed by atoms with Crippen LogP contribution < -0.4 is 9.47 Å². The molecule has 3 nitrogen and oxygen atoms in total. The summed E-state index contributed by atoms with van der Waals surface area (Å²) < 4.78 is 11.8. The Balaban J connectivity index is 1.99. The molecule has 0 atom stereocenters. The predicted octanol–water partition coefficient (Wildman–Crippen LogP) is 4.51. The zero-order valence-corrected chi connectivity index (χ0v) is 13.7. The fourth-order valence-electron chi connectivity index (χ4n) is 2.43. The first-order valence-electron chi connectivity index (χ1n) is 6.99. The summed E-state index contributed by atoms with van der Waals surface area (Å²) in [5.41, 5.74) is 2.30. The molecule has 1 aliphatic rings. The number of carbonyl (C=O) groups is 1. The molecular weight excluding hydrogens is 344 g/mol. The van der Waals surface area contributed by atoms with Gasteiger partial charge in [-0.2, -0.15) is 0 Å². The molecule has 2 aromatic carbocycles. The normalized spacial score (nSPS) is 15.9. The molecule has 1 aliphatic heterocycles. The molecule has 0 spiro atoms. The van der Waals surface area contributed by atoms with Crippen molar-refractivity contribution in [2.75, 3.05) is 13.7 Å². The monoisotopic (exact) mass is 358 g/mol. The zero-order chi connectivity index (χ0) is 15.5. The highest BCUT2D eigenvalue weighted by atomic mass is 79.9. The molecule has 0 aromatic heterocycles. The summed E-state index contributed by atoms with van der Waals surface area (Å²) in [6.07, 6.45) is 2.49. The summed E-state index contributed by atoms with van der Waals surface area (Å²) in [4.78, 5) is 12.7. The summed E-state index contributed by atoms with van der Waals surface area (Å²) in [5.74, 6) is 1.42. The Hall–Kier alpha value is -2.07. The molecule has 0 aliphatic carbocycles. The summed E-state index contributed by atoms with van der Waals surface area (Å²) >= 11 is 3.40. The van der Waals surface area contributed by atoms with Crippen LogP contribution in [-0.4, -0.2) is 19.5 Å². The van der Waals surface area contributed by atoms with Crippen molar-refractivity contribution in [1.82, 2.24) is 0 Å². The number of ether oxygens (including phenoxy) is 2. The summed E-state index contributed by atoms with van der Waals surface area (Å²) in [6.45, 7) is 0.491. The highest BCUT2D eigenvalue weighted by molar-refractivity contribution is 9.10. The van der Waals surface area contributed by atoms with Gasteiger partial charge in [0.25, 0.3) is 0 Å². The Bertz CT molecular complexity index is 750. The molecule has 2 aromatic rings. The lowest BCUT2D eigenvalue weighted by atomic mass is 9.99. The standard InChI is InChI=1S/C18H15BrO3/c1-21-15-4-2-3-12(10-15)9-13-7-8-22-17-11-14(19)5-6-16(17)18(13)20/h2-6,9-11H,7-8H2,1H3. The van der Waals surface area contributed by atoms with Gasteiger partial charge in [0.1, 0.15) is 11.5 Å². The van der Waals surface area contributed by atoms with Crippen molar-refractivity contribution in [1.29, 1.82) is 0 Å². The van der Waals surface area contributed by atoms with Crippen LogP contribution in [0.3, 0.4) is 0 Å². The maximum absolute atomic E-state index is 12.7. The van der Waals surface area contributed by atoms with E-state index in [2.05, 4.69) is 15.9 Å². The molecule has 112 valence electrons. The molecular formula is C18H15BrO3. The summed E-state index contributed by atoms with van der Waals surface area (Å²) in [5, 5.41) is 0. The second-order valence-corrected chi connectivity index (χ2v) is 5.93. The third-order valence-corrected chi connectivity index (χ3v) is 4.04. The number of Topliss-reactive ketones (excluding diaryl/α,β-unsaturated/α-hetero) is 1. The van der Waals surface area contributed by atoms with Crippen molar-refractivity contribution in [2.45, 2.75) is 6.42 Å². The maximum atomic E-state index is 12.7. The molecule has 0 radical (unpaired) electrons. The smallest absolute Gasteiger partial charge is 0.192 e. The first kappa shape index (κ1) is 14.9. The first-order valence-corrected chi connectivity index (χ1v) is 7.78. The first-order chi connectivity index (χ1) is 10.7. The Morgan fingerprint density at radius 3 is 2.91 bits per heavy atom. The number of hydrogen-bond donors (Lipinski definition) is 0. The largest absolute Gasteiger partial charge is 0.497 e. The maximum Gasteiger partial charge on any atom is 0.192 e. The third-order valence-electron chi connectivity index (χ3n) is 3.54. The molecule has 1 heterocycles. The number of benzene rings is 2. The summed E-state index contributed by atoms with van der Waals surface area (Å²) in [6, 6.07) is 13.1. The van der Waals surface area contributed by atoms with E-state index in [9.17, 15) is 4.79 Å². The van der Waals surface area contributed by atoms with E-state index in [0.717, 1.165) is 21.4 Å². The van der Waals surface area contributed by atoms with Crippen LogP contribution in [0.2, 0.25) is 0 Å². The van der Waals surface area contributed by atoms with Crippen molar-refractivity contribution in [3.05, 3.63) is 63.6 Å². The van der Waals surface area contributed by atoms with Gasteiger partial charge < -0.3 is 9.47 Å². The topological polar surface area (TPSA) is 35.5 Å². The molecule has 3 rings (SSSR count). The second-order valence-electron chi connectivity index (χ2n) is 5.01. The minimum Gasteiger partial charge on any atom is -0.497 e. The van der Waals surface area contributed by atoms with E-state index in [1.54, 1.807) is 13.2 Å². The number of halogens is 1. The number of carbonyl (C=O) groups excluding carboxylic acids is 1. The highest BCUT2D eigenvalue weighted by Crippen LogP contribution is 2.30. The molecule has 0 saturated carbocycles. The van der Waals surface area contributed by atoms with Gasteiger partial charge in [-0.25, -0.2) is 0 Å². The lowest BCUT2D eigenvalue weighted by molar-refractivity contribution is 0.103. The number of ketones is 1. The van der Waals surface area contributed by atoms with Gasteiger partial charge in [0.15, 0.2) is 5.78 Å². The van der Waals surface area contributed by atoms with E-state index >= 15 is 0 Å². The van der Waals surface area contributed by atoms with Crippen molar-refractivity contribution in [3.63, 3.8) is 0 Å². The van der Waals surface area contributed by atoms with Gasteiger partial charge in [0.2, 0.25) is 0 Å². The average molecular weight is 359 g/mol.